The van der Waals surface area contributed by atoms with Gasteiger partial charge in [-0.2, -0.15) is 13.2 Å². The quantitative estimate of drug-likeness (QED) is 0.874. The maximum absolute atomic E-state index is 12.5. The minimum absolute atomic E-state index is 0.0786. The minimum Gasteiger partial charge on any atom is -0.481 e. The van der Waals surface area contributed by atoms with E-state index in [4.69, 9.17) is 16.7 Å². The van der Waals surface area contributed by atoms with Gasteiger partial charge in [0, 0.05) is 23.6 Å². The molecule has 0 spiro atoms. The summed E-state index contributed by atoms with van der Waals surface area (Å²) in [7, 11) is 0. The lowest BCUT2D eigenvalue weighted by atomic mass is 10.2. The molecule has 8 heteroatoms. The van der Waals surface area contributed by atoms with Crippen LogP contribution < -0.4 is 5.32 Å². The highest BCUT2D eigenvalue weighted by Gasteiger charge is 2.31. The highest BCUT2D eigenvalue weighted by atomic mass is 35.5. The van der Waals surface area contributed by atoms with Gasteiger partial charge in [-0.05, 0) is 24.6 Å². The highest BCUT2D eigenvalue weighted by Crippen LogP contribution is 2.33. The molecule has 2 N–H and O–H groups in total. The van der Waals surface area contributed by atoms with Gasteiger partial charge in [0.05, 0.1) is 5.56 Å². The van der Waals surface area contributed by atoms with Crippen molar-refractivity contribution in [2.75, 3.05) is 5.32 Å². The van der Waals surface area contributed by atoms with Gasteiger partial charge in [0.2, 0.25) is 5.91 Å². The molecule has 1 aromatic rings. The van der Waals surface area contributed by atoms with Crippen molar-refractivity contribution in [1.29, 1.82) is 0 Å². The van der Waals surface area contributed by atoms with Crippen molar-refractivity contribution in [3.8, 4) is 0 Å². The summed E-state index contributed by atoms with van der Waals surface area (Å²) in [5.41, 5.74) is -1.05. The molecular weight excluding hydrogens is 299 g/mol. The first kappa shape index (κ1) is 16.3. The van der Waals surface area contributed by atoms with Gasteiger partial charge in [-0.3, -0.25) is 9.59 Å². The van der Waals surface area contributed by atoms with Crippen LogP contribution in [-0.4, -0.2) is 17.0 Å². The Balaban J connectivity index is 2.70. The average Bonchev–Trinajstić information content (AvgIpc) is 2.26. The molecule has 1 rings (SSSR count). The van der Waals surface area contributed by atoms with E-state index in [1.807, 2.05) is 0 Å². The third kappa shape index (κ3) is 5.48. The van der Waals surface area contributed by atoms with Crippen molar-refractivity contribution in [1.82, 2.24) is 0 Å². The zero-order valence-electron chi connectivity index (χ0n) is 10.1. The lowest BCUT2D eigenvalue weighted by Gasteiger charge is -2.10. The molecule has 0 aliphatic heterocycles. The predicted molar refractivity (Wildman–Crippen MR) is 66.6 cm³/mol. The molecule has 0 bridgehead atoms. The van der Waals surface area contributed by atoms with Crippen LogP contribution in [0.2, 0.25) is 5.02 Å². The van der Waals surface area contributed by atoms with E-state index in [1.54, 1.807) is 0 Å². The standard InChI is InChI=1S/C12H11ClF3NO3/c13-8-4-7(12(14,15)16)5-9(6-8)17-10(18)2-1-3-11(19)20/h4-6H,1-3H2,(H,17,18)(H,19,20). The molecule has 0 atom stereocenters. The van der Waals surface area contributed by atoms with Crippen LogP contribution in [0.3, 0.4) is 0 Å². The summed E-state index contributed by atoms with van der Waals surface area (Å²) < 4.78 is 37.6. The number of hydrogen-bond donors (Lipinski definition) is 2. The van der Waals surface area contributed by atoms with Crippen LogP contribution in [0.4, 0.5) is 18.9 Å². The number of rotatable bonds is 5. The Morgan fingerprint density at radius 1 is 1.20 bits per heavy atom. The lowest BCUT2D eigenvalue weighted by molar-refractivity contribution is -0.138. The van der Waals surface area contributed by atoms with E-state index < -0.39 is 23.6 Å². The van der Waals surface area contributed by atoms with Gasteiger partial charge in [-0.15, -0.1) is 0 Å². The second kappa shape index (κ2) is 6.60. The maximum atomic E-state index is 12.5. The Labute approximate surface area is 117 Å². The number of anilines is 1. The molecular formula is C12H11ClF3NO3. The Bertz CT molecular complexity index is 517. The van der Waals surface area contributed by atoms with Gasteiger partial charge in [0.1, 0.15) is 0 Å². The zero-order chi connectivity index (χ0) is 15.3. The van der Waals surface area contributed by atoms with Crippen molar-refractivity contribution < 1.29 is 27.9 Å². The van der Waals surface area contributed by atoms with Crippen molar-refractivity contribution in [3.05, 3.63) is 28.8 Å². The Hall–Kier alpha value is -1.76. The molecule has 0 unspecified atom stereocenters. The first-order valence-corrected chi connectivity index (χ1v) is 5.95. The van der Waals surface area contributed by atoms with Crippen molar-refractivity contribution in [2.45, 2.75) is 25.4 Å². The maximum Gasteiger partial charge on any atom is 0.416 e. The summed E-state index contributed by atoms with van der Waals surface area (Å²) in [5.74, 6) is -1.61. The van der Waals surface area contributed by atoms with E-state index in [0.29, 0.717) is 0 Å². The fourth-order valence-corrected chi connectivity index (χ4v) is 1.68. The van der Waals surface area contributed by atoms with E-state index in [0.717, 1.165) is 12.1 Å². The molecule has 0 saturated heterocycles. The van der Waals surface area contributed by atoms with Crippen molar-refractivity contribution in [3.63, 3.8) is 0 Å². The minimum atomic E-state index is -4.56. The van der Waals surface area contributed by atoms with Gasteiger partial charge in [0.25, 0.3) is 0 Å². The molecule has 0 heterocycles. The number of benzene rings is 1. The van der Waals surface area contributed by atoms with Crippen LogP contribution in [0.5, 0.6) is 0 Å². The molecule has 20 heavy (non-hydrogen) atoms. The molecule has 0 aromatic heterocycles. The summed E-state index contributed by atoms with van der Waals surface area (Å²) in [6.45, 7) is 0. The third-order valence-electron chi connectivity index (χ3n) is 2.30. The summed E-state index contributed by atoms with van der Waals surface area (Å²) in [6, 6.07) is 2.70. The average molecular weight is 310 g/mol. The van der Waals surface area contributed by atoms with E-state index in [2.05, 4.69) is 5.32 Å². The molecule has 1 aromatic carbocycles. The van der Waals surface area contributed by atoms with Crippen LogP contribution in [0.1, 0.15) is 24.8 Å². The van der Waals surface area contributed by atoms with Gasteiger partial charge in [-0.1, -0.05) is 11.6 Å². The van der Waals surface area contributed by atoms with Gasteiger partial charge in [-0.25, -0.2) is 0 Å². The molecule has 0 fully saturated rings. The first-order chi connectivity index (χ1) is 9.18. The second-order valence-electron chi connectivity index (χ2n) is 4.02. The molecule has 0 aliphatic rings. The van der Waals surface area contributed by atoms with Gasteiger partial charge >= 0.3 is 12.1 Å². The topological polar surface area (TPSA) is 66.4 Å². The van der Waals surface area contributed by atoms with Gasteiger partial charge in [0.15, 0.2) is 0 Å². The first-order valence-electron chi connectivity index (χ1n) is 5.58. The number of carbonyl (C=O) groups excluding carboxylic acids is 1. The molecule has 4 nitrogen and oxygen atoms in total. The molecule has 0 saturated carbocycles. The molecule has 0 aliphatic carbocycles. The van der Waals surface area contributed by atoms with Crippen molar-refractivity contribution in [2.24, 2.45) is 0 Å². The van der Waals surface area contributed by atoms with E-state index in [1.165, 1.54) is 6.07 Å². The summed E-state index contributed by atoms with van der Waals surface area (Å²) in [6.07, 6.45) is -4.74. The van der Waals surface area contributed by atoms with E-state index in [9.17, 15) is 22.8 Å². The third-order valence-corrected chi connectivity index (χ3v) is 2.52. The molecule has 1 amide bonds. The SMILES string of the molecule is O=C(O)CCCC(=O)Nc1cc(Cl)cc(C(F)(F)F)c1. The lowest BCUT2D eigenvalue weighted by Crippen LogP contribution is -2.13. The second-order valence-corrected chi connectivity index (χ2v) is 4.46. The number of carboxylic acid groups (broad SMARTS) is 1. The largest absolute Gasteiger partial charge is 0.481 e. The van der Waals surface area contributed by atoms with Crippen molar-refractivity contribution >= 4 is 29.2 Å². The van der Waals surface area contributed by atoms with Gasteiger partial charge < -0.3 is 10.4 Å². The van der Waals surface area contributed by atoms with E-state index >= 15 is 0 Å². The summed E-state index contributed by atoms with van der Waals surface area (Å²) in [5, 5.41) is 10.5. The Morgan fingerprint density at radius 3 is 2.40 bits per heavy atom. The predicted octanol–water partition coefficient (Wildman–Crippen LogP) is 3.55. The monoisotopic (exact) mass is 309 g/mol. The number of nitrogens with one attached hydrogen (secondary N) is 1. The Kier molecular flexibility index (Phi) is 5.38. The number of alkyl halides is 3. The summed E-state index contributed by atoms with van der Waals surface area (Å²) >= 11 is 5.56. The van der Waals surface area contributed by atoms with Crippen LogP contribution in [0.15, 0.2) is 18.2 Å². The highest BCUT2D eigenvalue weighted by molar-refractivity contribution is 6.31. The normalized spacial score (nSPS) is 11.2. The number of amides is 1. The Morgan fingerprint density at radius 2 is 1.85 bits per heavy atom. The number of aliphatic carboxylic acids is 1. The zero-order valence-corrected chi connectivity index (χ0v) is 10.9. The fraction of sp³-hybridized carbons (Fsp3) is 0.333. The van der Waals surface area contributed by atoms with Crippen LogP contribution >= 0.6 is 11.6 Å². The number of halogens is 4. The molecule has 0 radical (unpaired) electrons. The van der Waals surface area contributed by atoms with Crippen LogP contribution in [-0.2, 0) is 15.8 Å². The smallest absolute Gasteiger partial charge is 0.416 e. The number of carbonyl (C=O) groups is 2. The fourth-order valence-electron chi connectivity index (χ4n) is 1.45. The number of hydrogen-bond acceptors (Lipinski definition) is 2. The van der Waals surface area contributed by atoms with Crippen LogP contribution in [0.25, 0.3) is 0 Å². The van der Waals surface area contributed by atoms with E-state index in [-0.39, 0.29) is 30.0 Å². The van der Waals surface area contributed by atoms with Crippen LogP contribution in [0, 0.1) is 0 Å². The number of carboxylic acids is 1. The summed E-state index contributed by atoms with van der Waals surface area (Å²) in [4.78, 5) is 21.7. The molecule has 110 valence electrons.